The molecule has 2 rings (SSSR count). The van der Waals surface area contributed by atoms with Gasteiger partial charge in [-0.15, -0.1) is 12.4 Å². The number of aryl methyl sites for hydroxylation is 1. The van der Waals surface area contributed by atoms with Crippen LogP contribution >= 0.6 is 47.4 Å². The Hall–Kier alpha value is -0.380. The van der Waals surface area contributed by atoms with E-state index in [1.807, 2.05) is 18.2 Å². The number of hydrogen-bond donors (Lipinski definition) is 1. The molecule has 0 amide bonds. The number of benzene rings is 2. The molecule has 0 fully saturated rings. The molecule has 0 bridgehead atoms. The first-order valence-corrected chi connectivity index (χ1v) is 7.10. The lowest BCUT2D eigenvalue weighted by Crippen LogP contribution is -1.96. The Balaban J connectivity index is 0.00000180. The molecule has 2 aromatic carbocycles. The van der Waals surface area contributed by atoms with Gasteiger partial charge in [-0.05, 0) is 42.3 Å². The molecule has 2 aromatic rings. The Labute approximate surface area is 133 Å². The van der Waals surface area contributed by atoms with Crippen molar-refractivity contribution in [2.24, 2.45) is 5.73 Å². The molecule has 0 unspecified atom stereocenters. The summed E-state index contributed by atoms with van der Waals surface area (Å²) in [4.78, 5) is 2.18. The summed E-state index contributed by atoms with van der Waals surface area (Å²) >= 11 is 13.7. The highest BCUT2D eigenvalue weighted by atomic mass is 35.5. The normalized spacial score (nSPS) is 10.1. The first-order valence-electron chi connectivity index (χ1n) is 5.52. The van der Waals surface area contributed by atoms with Crippen LogP contribution in [0.1, 0.15) is 11.1 Å². The molecule has 5 heteroatoms. The van der Waals surface area contributed by atoms with Crippen LogP contribution in [0.3, 0.4) is 0 Å². The third kappa shape index (κ3) is 4.30. The first-order chi connectivity index (χ1) is 8.60. The van der Waals surface area contributed by atoms with Crippen molar-refractivity contribution in [2.45, 2.75) is 23.3 Å². The predicted molar refractivity (Wildman–Crippen MR) is 86.9 cm³/mol. The fourth-order valence-corrected chi connectivity index (χ4v) is 3.04. The monoisotopic (exact) mass is 333 g/mol. The summed E-state index contributed by atoms with van der Waals surface area (Å²) in [7, 11) is 0. The van der Waals surface area contributed by atoms with E-state index in [4.69, 9.17) is 28.9 Å². The maximum Gasteiger partial charge on any atom is 0.0560 e. The van der Waals surface area contributed by atoms with Crippen LogP contribution in [-0.2, 0) is 6.54 Å². The number of halogens is 3. The van der Waals surface area contributed by atoms with Gasteiger partial charge in [-0.1, -0.05) is 47.1 Å². The lowest BCUT2D eigenvalue weighted by atomic mass is 10.1. The summed E-state index contributed by atoms with van der Waals surface area (Å²) in [6.07, 6.45) is 0. The first kappa shape index (κ1) is 16.7. The van der Waals surface area contributed by atoms with E-state index in [9.17, 15) is 0 Å². The molecule has 0 aliphatic rings. The van der Waals surface area contributed by atoms with E-state index in [0.29, 0.717) is 16.6 Å². The van der Waals surface area contributed by atoms with Gasteiger partial charge in [0.05, 0.1) is 5.02 Å². The molecule has 0 atom stereocenters. The van der Waals surface area contributed by atoms with Gasteiger partial charge in [-0.25, -0.2) is 0 Å². The molecular formula is C14H14Cl3NS. The van der Waals surface area contributed by atoms with Crippen molar-refractivity contribution < 1.29 is 0 Å². The van der Waals surface area contributed by atoms with E-state index in [0.717, 1.165) is 10.5 Å². The summed E-state index contributed by atoms with van der Waals surface area (Å²) in [5.41, 5.74) is 7.96. The molecule has 0 heterocycles. The van der Waals surface area contributed by atoms with Crippen molar-refractivity contribution in [2.75, 3.05) is 0 Å². The molecule has 0 aliphatic carbocycles. The van der Waals surface area contributed by atoms with Crippen molar-refractivity contribution in [3.05, 3.63) is 57.6 Å². The molecule has 1 nitrogen and oxygen atoms in total. The van der Waals surface area contributed by atoms with Crippen LogP contribution in [0, 0.1) is 6.92 Å². The fourth-order valence-electron chi connectivity index (χ4n) is 1.63. The molecule has 0 radical (unpaired) electrons. The second kappa shape index (κ2) is 7.41. The number of rotatable bonds is 3. The van der Waals surface area contributed by atoms with Gasteiger partial charge in [0.25, 0.3) is 0 Å². The SMILES string of the molecule is Cc1cc(CN)ccc1Sc1ccc(Cl)cc1Cl.Cl. The van der Waals surface area contributed by atoms with Crippen molar-refractivity contribution in [3.8, 4) is 0 Å². The van der Waals surface area contributed by atoms with Gasteiger partial charge in [0.1, 0.15) is 0 Å². The highest BCUT2D eigenvalue weighted by molar-refractivity contribution is 7.99. The molecule has 0 aromatic heterocycles. The molecule has 2 N–H and O–H groups in total. The average Bonchev–Trinajstić information content (AvgIpc) is 2.34. The zero-order valence-electron chi connectivity index (χ0n) is 10.3. The summed E-state index contributed by atoms with van der Waals surface area (Å²) in [6, 6.07) is 11.8. The highest BCUT2D eigenvalue weighted by Crippen LogP contribution is 2.36. The van der Waals surface area contributed by atoms with Gasteiger partial charge in [-0.3, -0.25) is 0 Å². The van der Waals surface area contributed by atoms with Crippen molar-refractivity contribution >= 4 is 47.4 Å². The van der Waals surface area contributed by atoms with Crippen LogP contribution < -0.4 is 5.73 Å². The van der Waals surface area contributed by atoms with E-state index in [2.05, 4.69) is 19.1 Å². The lowest BCUT2D eigenvalue weighted by Gasteiger charge is -2.09. The van der Waals surface area contributed by atoms with Crippen molar-refractivity contribution in [1.29, 1.82) is 0 Å². The number of nitrogens with two attached hydrogens (primary N) is 1. The van der Waals surface area contributed by atoms with E-state index < -0.39 is 0 Å². The second-order valence-electron chi connectivity index (χ2n) is 3.98. The van der Waals surface area contributed by atoms with Crippen LogP contribution in [0.25, 0.3) is 0 Å². The van der Waals surface area contributed by atoms with Crippen molar-refractivity contribution in [1.82, 2.24) is 0 Å². The Bertz CT molecular complexity index is 573. The van der Waals surface area contributed by atoms with Crippen molar-refractivity contribution in [3.63, 3.8) is 0 Å². The van der Waals surface area contributed by atoms with Crippen LogP contribution in [-0.4, -0.2) is 0 Å². The summed E-state index contributed by atoms with van der Waals surface area (Å²) in [6.45, 7) is 2.64. The quantitative estimate of drug-likeness (QED) is 0.820. The molecule has 0 saturated carbocycles. The van der Waals surface area contributed by atoms with Gasteiger partial charge in [0, 0.05) is 21.4 Å². The summed E-state index contributed by atoms with van der Waals surface area (Å²) in [5, 5.41) is 1.33. The summed E-state index contributed by atoms with van der Waals surface area (Å²) < 4.78 is 0. The van der Waals surface area contributed by atoms with E-state index in [-0.39, 0.29) is 12.4 Å². The van der Waals surface area contributed by atoms with Gasteiger partial charge in [-0.2, -0.15) is 0 Å². The third-order valence-electron chi connectivity index (χ3n) is 2.59. The van der Waals surface area contributed by atoms with Gasteiger partial charge >= 0.3 is 0 Å². The van der Waals surface area contributed by atoms with Gasteiger partial charge < -0.3 is 5.73 Å². The maximum atomic E-state index is 6.17. The molecule has 0 saturated heterocycles. The standard InChI is InChI=1S/C14H13Cl2NS.ClH/c1-9-6-10(8-17)2-4-13(9)18-14-5-3-11(15)7-12(14)16;/h2-7H,8,17H2,1H3;1H. The molecule has 19 heavy (non-hydrogen) atoms. The van der Waals surface area contributed by atoms with Gasteiger partial charge in [0.2, 0.25) is 0 Å². The molecule has 0 aliphatic heterocycles. The average molecular weight is 335 g/mol. The topological polar surface area (TPSA) is 26.0 Å². The largest absolute Gasteiger partial charge is 0.326 e. The fraction of sp³-hybridized carbons (Fsp3) is 0.143. The third-order valence-corrected chi connectivity index (χ3v) is 4.50. The van der Waals surface area contributed by atoms with E-state index in [1.54, 1.807) is 17.8 Å². The zero-order valence-corrected chi connectivity index (χ0v) is 13.5. The van der Waals surface area contributed by atoms with Crippen LogP contribution in [0.2, 0.25) is 10.0 Å². The van der Waals surface area contributed by atoms with Crippen LogP contribution in [0.5, 0.6) is 0 Å². The van der Waals surface area contributed by atoms with Crippen LogP contribution in [0.4, 0.5) is 0 Å². The zero-order chi connectivity index (χ0) is 13.1. The van der Waals surface area contributed by atoms with E-state index >= 15 is 0 Å². The Morgan fingerprint density at radius 3 is 2.32 bits per heavy atom. The summed E-state index contributed by atoms with van der Waals surface area (Å²) in [5.74, 6) is 0. The maximum absolute atomic E-state index is 6.17. The Kier molecular flexibility index (Phi) is 6.51. The number of hydrogen-bond acceptors (Lipinski definition) is 2. The lowest BCUT2D eigenvalue weighted by molar-refractivity contribution is 1.06. The smallest absolute Gasteiger partial charge is 0.0560 e. The highest BCUT2D eigenvalue weighted by Gasteiger charge is 2.06. The molecular weight excluding hydrogens is 321 g/mol. The second-order valence-corrected chi connectivity index (χ2v) is 5.91. The molecule has 102 valence electrons. The van der Waals surface area contributed by atoms with Gasteiger partial charge in [0.15, 0.2) is 0 Å². The predicted octanol–water partition coefficient (Wildman–Crippen LogP) is 5.33. The Morgan fingerprint density at radius 1 is 1.05 bits per heavy atom. The minimum atomic E-state index is 0. The molecule has 0 spiro atoms. The Morgan fingerprint density at radius 2 is 1.74 bits per heavy atom. The minimum Gasteiger partial charge on any atom is -0.326 e. The van der Waals surface area contributed by atoms with E-state index in [1.165, 1.54) is 10.5 Å². The minimum absolute atomic E-state index is 0. The van der Waals surface area contributed by atoms with Crippen LogP contribution in [0.15, 0.2) is 46.2 Å².